The number of amides is 1. The highest BCUT2D eigenvalue weighted by Crippen LogP contribution is 2.38. The second-order valence-electron chi connectivity index (χ2n) is 12.7. The second kappa shape index (κ2) is 12.1. The molecule has 0 aromatic carbocycles. The van der Waals surface area contributed by atoms with Crippen molar-refractivity contribution in [1.29, 1.82) is 0 Å². The largest absolute Gasteiger partial charge is 0.393 e. The van der Waals surface area contributed by atoms with Crippen LogP contribution in [0.1, 0.15) is 79.1 Å². The molecule has 4 aromatic heterocycles. The Bertz CT molecular complexity index is 1530. The Hall–Kier alpha value is -3.34. The van der Waals surface area contributed by atoms with Crippen LogP contribution in [0.2, 0.25) is 0 Å². The van der Waals surface area contributed by atoms with Gasteiger partial charge in [-0.2, -0.15) is 10.2 Å². The Morgan fingerprint density at radius 1 is 1.12 bits per heavy atom. The summed E-state index contributed by atoms with van der Waals surface area (Å²) in [7, 11) is 0. The molecule has 5 heterocycles. The first kappa shape index (κ1) is 28.8. The first-order valence-corrected chi connectivity index (χ1v) is 15.8. The lowest BCUT2D eigenvalue weighted by Crippen LogP contribution is -2.38. The Kier molecular flexibility index (Phi) is 8.29. The zero-order valence-corrected chi connectivity index (χ0v) is 25.4. The zero-order valence-electron chi connectivity index (χ0n) is 24.6. The summed E-state index contributed by atoms with van der Waals surface area (Å²) >= 11 is 1.37. The van der Waals surface area contributed by atoms with Crippen molar-refractivity contribution in [3.8, 4) is 11.3 Å². The number of fused-ring (bicyclic) bond motifs is 2. The molecule has 2 atom stereocenters. The van der Waals surface area contributed by atoms with Gasteiger partial charge in [0.2, 0.25) is 0 Å². The topological polar surface area (TPSA) is 117 Å². The van der Waals surface area contributed by atoms with Crippen molar-refractivity contribution in [2.45, 2.75) is 71.4 Å². The number of hydrogen-bond donors (Lipinski definition) is 2. The van der Waals surface area contributed by atoms with Crippen molar-refractivity contribution in [1.82, 2.24) is 35.4 Å². The summed E-state index contributed by atoms with van der Waals surface area (Å²) in [6.07, 6.45) is 10.4. The van der Waals surface area contributed by atoms with E-state index in [0.717, 1.165) is 91.0 Å². The molecule has 1 aliphatic carbocycles. The van der Waals surface area contributed by atoms with Crippen LogP contribution in [0.3, 0.4) is 0 Å². The molecule has 1 unspecified atom stereocenters. The van der Waals surface area contributed by atoms with Crippen molar-refractivity contribution in [2.75, 3.05) is 19.6 Å². The third kappa shape index (κ3) is 6.50. The normalized spacial score (nSPS) is 19.0. The van der Waals surface area contributed by atoms with E-state index in [1.165, 1.54) is 16.9 Å². The highest BCUT2D eigenvalue weighted by atomic mass is 32.1. The molecule has 0 saturated carbocycles. The van der Waals surface area contributed by atoms with Gasteiger partial charge in [-0.25, -0.2) is 9.97 Å². The Labute approximate surface area is 250 Å². The average Bonchev–Trinajstić information content (AvgIpc) is 3.41. The third-order valence-corrected chi connectivity index (χ3v) is 9.80. The number of pyridine rings is 2. The number of carbonyl (C=O) groups excluding carboxylic acids is 1. The number of thiazole rings is 1. The SMILES string of the molecule is CC(C)(C)C1CCc2nc3sc(C(=O)N[C@H](CCN4CCC(O)CC4)c4ccc(-c5ccnnc5)nc4)nc3cc2C1. The summed E-state index contributed by atoms with van der Waals surface area (Å²) in [5.41, 5.74) is 6.12. The number of aliphatic hydroxyl groups excluding tert-OH is 1. The summed E-state index contributed by atoms with van der Waals surface area (Å²) in [4.78, 5) is 31.1. The molecule has 1 amide bonds. The van der Waals surface area contributed by atoms with Crippen LogP contribution in [0.25, 0.3) is 21.6 Å². The monoisotopic (exact) mass is 585 g/mol. The molecule has 0 radical (unpaired) electrons. The van der Waals surface area contributed by atoms with E-state index in [2.05, 4.69) is 52.2 Å². The van der Waals surface area contributed by atoms with Crippen LogP contribution in [0.4, 0.5) is 0 Å². The van der Waals surface area contributed by atoms with Crippen LogP contribution in [-0.2, 0) is 12.8 Å². The van der Waals surface area contributed by atoms with Gasteiger partial charge >= 0.3 is 0 Å². The molecule has 10 heteroatoms. The fraction of sp³-hybridized carbons (Fsp3) is 0.500. The van der Waals surface area contributed by atoms with E-state index >= 15 is 0 Å². The number of aryl methyl sites for hydroxylation is 1. The molecule has 2 N–H and O–H groups in total. The number of nitrogens with one attached hydrogen (secondary N) is 1. The van der Waals surface area contributed by atoms with Crippen LogP contribution in [-0.4, -0.2) is 66.8 Å². The molecule has 1 aliphatic heterocycles. The smallest absolute Gasteiger partial charge is 0.280 e. The molecule has 2 aliphatic rings. The predicted molar refractivity (Wildman–Crippen MR) is 164 cm³/mol. The molecule has 4 aromatic rings. The maximum absolute atomic E-state index is 13.6. The minimum Gasteiger partial charge on any atom is -0.393 e. The molecule has 220 valence electrons. The van der Waals surface area contributed by atoms with Crippen LogP contribution >= 0.6 is 11.3 Å². The summed E-state index contributed by atoms with van der Waals surface area (Å²) < 4.78 is 0. The number of hydrogen-bond acceptors (Lipinski definition) is 9. The number of aromatic nitrogens is 5. The fourth-order valence-electron chi connectivity index (χ4n) is 6.07. The molecule has 1 saturated heterocycles. The molecule has 9 nitrogen and oxygen atoms in total. The van der Waals surface area contributed by atoms with Gasteiger partial charge in [0.25, 0.3) is 5.91 Å². The van der Waals surface area contributed by atoms with Crippen molar-refractivity contribution in [3.63, 3.8) is 0 Å². The molecule has 0 spiro atoms. The van der Waals surface area contributed by atoms with E-state index in [-0.39, 0.29) is 23.5 Å². The van der Waals surface area contributed by atoms with Gasteiger partial charge < -0.3 is 15.3 Å². The lowest BCUT2D eigenvalue weighted by molar-refractivity contribution is 0.0795. The van der Waals surface area contributed by atoms with Crippen molar-refractivity contribution in [2.24, 2.45) is 11.3 Å². The quantitative estimate of drug-likeness (QED) is 0.311. The van der Waals surface area contributed by atoms with Crippen molar-refractivity contribution in [3.05, 3.63) is 64.7 Å². The summed E-state index contributed by atoms with van der Waals surface area (Å²) in [5.74, 6) is 0.425. The van der Waals surface area contributed by atoms with Crippen LogP contribution < -0.4 is 5.32 Å². The van der Waals surface area contributed by atoms with Gasteiger partial charge in [-0.1, -0.05) is 38.2 Å². The van der Waals surface area contributed by atoms with Gasteiger partial charge in [-0.15, -0.1) is 0 Å². The number of piperidine rings is 1. The van der Waals surface area contributed by atoms with Gasteiger partial charge in [0.1, 0.15) is 10.3 Å². The molecule has 6 rings (SSSR count). The van der Waals surface area contributed by atoms with Crippen molar-refractivity contribution < 1.29 is 9.90 Å². The average molecular weight is 586 g/mol. The van der Waals surface area contributed by atoms with Crippen LogP contribution in [0, 0.1) is 11.3 Å². The Morgan fingerprint density at radius 3 is 2.67 bits per heavy atom. The number of likely N-dealkylation sites (tertiary alicyclic amines) is 1. The van der Waals surface area contributed by atoms with E-state index < -0.39 is 0 Å². The maximum Gasteiger partial charge on any atom is 0.280 e. The molecule has 0 bridgehead atoms. The molecule has 42 heavy (non-hydrogen) atoms. The molecule has 1 fully saturated rings. The van der Waals surface area contributed by atoms with Crippen LogP contribution in [0.5, 0.6) is 0 Å². The minimum absolute atomic E-state index is 0.190. The highest BCUT2D eigenvalue weighted by Gasteiger charge is 2.30. The zero-order chi connectivity index (χ0) is 29.3. The van der Waals surface area contributed by atoms with Gasteiger partial charge in [-0.3, -0.25) is 9.78 Å². The summed E-state index contributed by atoms with van der Waals surface area (Å²) in [5, 5.41) is 21.4. The first-order valence-electron chi connectivity index (χ1n) is 15.0. The fourth-order valence-corrected chi connectivity index (χ4v) is 6.91. The Balaban J connectivity index is 1.21. The van der Waals surface area contributed by atoms with Gasteiger partial charge in [-0.05, 0) is 79.2 Å². The number of nitrogens with zero attached hydrogens (tertiary/aromatic N) is 6. The Morgan fingerprint density at radius 2 is 1.95 bits per heavy atom. The standard InChI is InChI=1S/C32H39N7O2S/c1-32(2,3)23-5-7-26-22(16-23)17-28-30(37-26)42-31(38-28)29(41)36-27(11-15-39-13-9-24(40)10-14-39)20-4-6-25(33-18-20)21-8-12-34-35-19-21/h4,6,8,12,17-19,23-24,27,40H,5,7,9-11,13-16H2,1-3H3,(H,36,41)/t23?,27-/m1/s1. The predicted octanol–water partition coefficient (Wildman–Crippen LogP) is 5.01. The van der Waals surface area contributed by atoms with Gasteiger partial charge in [0.15, 0.2) is 5.01 Å². The number of carbonyl (C=O) groups is 1. The van der Waals surface area contributed by atoms with Crippen LogP contribution in [0.15, 0.2) is 42.9 Å². The summed E-state index contributed by atoms with van der Waals surface area (Å²) in [6, 6.07) is 7.78. The number of rotatable bonds is 7. The highest BCUT2D eigenvalue weighted by molar-refractivity contribution is 7.19. The van der Waals surface area contributed by atoms with Crippen molar-refractivity contribution >= 4 is 27.6 Å². The van der Waals surface area contributed by atoms with E-state index in [4.69, 9.17) is 9.97 Å². The van der Waals surface area contributed by atoms with E-state index in [1.54, 1.807) is 12.4 Å². The van der Waals surface area contributed by atoms with E-state index in [9.17, 15) is 9.90 Å². The number of aliphatic hydroxyl groups is 1. The lowest BCUT2D eigenvalue weighted by atomic mass is 9.71. The summed E-state index contributed by atoms with van der Waals surface area (Å²) in [6.45, 7) is 9.46. The van der Waals surface area contributed by atoms with Gasteiger partial charge in [0, 0.05) is 37.1 Å². The van der Waals surface area contributed by atoms with E-state index in [1.807, 2.05) is 24.4 Å². The molecular formula is C32H39N7O2S. The second-order valence-corrected chi connectivity index (χ2v) is 13.7. The van der Waals surface area contributed by atoms with Gasteiger partial charge in [0.05, 0.1) is 30.2 Å². The van der Waals surface area contributed by atoms with E-state index in [0.29, 0.717) is 10.9 Å². The maximum atomic E-state index is 13.6. The minimum atomic E-state index is -0.234. The first-order chi connectivity index (χ1) is 20.2. The molecular weight excluding hydrogens is 546 g/mol. The lowest BCUT2D eigenvalue weighted by Gasteiger charge is -2.34. The third-order valence-electron chi connectivity index (χ3n) is 8.83.